The van der Waals surface area contributed by atoms with E-state index in [1.807, 2.05) is 13.8 Å². The lowest BCUT2D eigenvalue weighted by Crippen LogP contribution is -2.53. The summed E-state index contributed by atoms with van der Waals surface area (Å²) >= 11 is 0. The van der Waals surface area contributed by atoms with Gasteiger partial charge in [-0.2, -0.15) is 0 Å². The third kappa shape index (κ3) is 6.08. The van der Waals surface area contributed by atoms with E-state index in [2.05, 4.69) is 10.5 Å². The van der Waals surface area contributed by atoms with E-state index in [9.17, 15) is 9.59 Å². The quantitative estimate of drug-likeness (QED) is 0.615. The normalized spacial score (nSPS) is 22.0. The van der Waals surface area contributed by atoms with E-state index in [-0.39, 0.29) is 29.9 Å². The van der Waals surface area contributed by atoms with Crippen molar-refractivity contribution < 1.29 is 28.3 Å². The van der Waals surface area contributed by atoms with Gasteiger partial charge in [0.05, 0.1) is 12.3 Å². The number of aromatic nitrogens is 1. The molecule has 2 fully saturated rings. The molecular weight excluding hydrogens is 414 g/mol. The van der Waals surface area contributed by atoms with E-state index in [1.54, 1.807) is 27.0 Å². The second-order valence-corrected chi connectivity index (χ2v) is 9.97. The molecule has 1 aromatic heterocycles. The second-order valence-electron chi connectivity index (χ2n) is 9.97. The fourth-order valence-electron chi connectivity index (χ4n) is 3.73. The van der Waals surface area contributed by atoms with Crippen molar-refractivity contribution in [2.24, 2.45) is 5.92 Å². The van der Waals surface area contributed by atoms with E-state index >= 15 is 0 Å². The van der Waals surface area contributed by atoms with Gasteiger partial charge >= 0.3 is 0 Å². The molecule has 3 rings (SSSR count). The van der Waals surface area contributed by atoms with Crippen molar-refractivity contribution in [3.05, 3.63) is 11.8 Å². The van der Waals surface area contributed by atoms with Crippen LogP contribution in [-0.2, 0) is 29.2 Å². The zero-order valence-corrected chi connectivity index (χ0v) is 19.9. The third-order valence-corrected chi connectivity index (χ3v) is 6.46. The van der Waals surface area contributed by atoms with Crippen LogP contribution in [0.4, 0.5) is 5.88 Å². The molecule has 32 heavy (non-hydrogen) atoms. The maximum atomic E-state index is 12.9. The lowest BCUT2D eigenvalue weighted by Gasteiger charge is -2.34. The minimum atomic E-state index is -1.06. The number of nitrogens with zero attached hydrogens (tertiary/aromatic N) is 2. The molecule has 2 saturated heterocycles. The molecule has 2 aliphatic heterocycles. The number of hydrogen-bond acceptors (Lipinski definition) is 7. The van der Waals surface area contributed by atoms with Crippen molar-refractivity contribution >= 4 is 17.7 Å². The third-order valence-electron chi connectivity index (χ3n) is 6.46. The molecule has 9 nitrogen and oxygen atoms in total. The van der Waals surface area contributed by atoms with Gasteiger partial charge in [-0.25, -0.2) is 0 Å². The standard InChI is InChI=1S/C23H37N3O6/c1-22(2,15-31-20-8-6-7-10-30-20)17-13-18(32-25-17)24-21(28)23(3,4)26(5)19(27)12-16-9-11-29-14-16/h13,16,20H,6-12,14-15H2,1-5H3,(H,24,28). The summed E-state index contributed by atoms with van der Waals surface area (Å²) in [4.78, 5) is 27.1. The molecule has 0 radical (unpaired) electrons. The van der Waals surface area contributed by atoms with E-state index in [0.29, 0.717) is 31.9 Å². The van der Waals surface area contributed by atoms with Gasteiger partial charge in [-0.05, 0) is 45.4 Å². The molecule has 9 heteroatoms. The van der Waals surface area contributed by atoms with Gasteiger partial charge < -0.3 is 23.6 Å². The molecule has 3 heterocycles. The molecule has 2 amide bonds. The van der Waals surface area contributed by atoms with Gasteiger partial charge in [-0.15, -0.1) is 0 Å². The second kappa shape index (κ2) is 10.3. The highest BCUT2D eigenvalue weighted by Gasteiger charge is 2.37. The number of likely N-dealkylation sites (N-methyl/N-ethyl adjacent to an activating group) is 1. The van der Waals surface area contributed by atoms with Crippen LogP contribution in [0.1, 0.15) is 65.5 Å². The minimum Gasteiger partial charge on any atom is -0.381 e. The Kier molecular flexibility index (Phi) is 7.95. The van der Waals surface area contributed by atoms with Crippen molar-refractivity contribution in [3.8, 4) is 0 Å². The number of nitrogens with one attached hydrogen (secondary N) is 1. The fraction of sp³-hybridized carbons (Fsp3) is 0.783. The summed E-state index contributed by atoms with van der Waals surface area (Å²) < 4.78 is 22.3. The predicted octanol–water partition coefficient (Wildman–Crippen LogP) is 3.10. The zero-order chi connectivity index (χ0) is 23.4. The molecule has 2 unspecified atom stereocenters. The summed E-state index contributed by atoms with van der Waals surface area (Å²) in [5.41, 5.74) is -0.800. The first-order chi connectivity index (χ1) is 15.1. The Morgan fingerprint density at radius 3 is 2.66 bits per heavy atom. The molecule has 0 spiro atoms. The summed E-state index contributed by atoms with van der Waals surface area (Å²) in [5, 5.41) is 6.89. The molecule has 1 N–H and O–H groups in total. The predicted molar refractivity (Wildman–Crippen MR) is 118 cm³/mol. The summed E-state index contributed by atoms with van der Waals surface area (Å²) in [6.07, 6.45) is 4.14. The van der Waals surface area contributed by atoms with Gasteiger partial charge in [0.2, 0.25) is 11.8 Å². The van der Waals surface area contributed by atoms with E-state index in [1.165, 1.54) is 4.90 Å². The van der Waals surface area contributed by atoms with Crippen LogP contribution < -0.4 is 5.32 Å². The first-order valence-electron chi connectivity index (χ1n) is 11.5. The molecule has 0 aromatic carbocycles. The topological polar surface area (TPSA) is 103 Å². The number of anilines is 1. The number of carbonyl (C=O) groups excluding carboxylic acids is 2. The maximum absolute atomic E-state index is 12.9. The largest absolute Gasteiger partial charge is 0.381 e. The van der Waals surface area contributed by atoms with Crippen LogP contribution in [0.2, 0.25) is 0 Å². The monoisotopic (exact) mass is 451 g/mol. The van der Waals surface area contributed by atoms with Gasteiger partial charge in [-0.1, -0.05) is 19.0 Å². The molecular formula is C23H37N3O6. The first kappa shape index (κ1) is 24.7. The number of carbonyl (C=O) groups is 2. The highest BCUT2D eigenvalue weighted by molar-refractivity contribution is 5.99. The van der Waals surface area contributed by atoms with Crippen LogP contribution in [0.5, 0.6) is 0 Å². The Morgan fingerprint density at radius 1 is 1.22 bits per heavy atom. The molecule has 2 atom stereocenters. The van der Waals surface area contributed by atoms with Gasteiger partial charge in [-0.3, -0.25) is 14.9 Å². The Labute approximate surface area is 190 Å². The van der Waals surface area contributed by atoms with E-state index < -0.39 is 11.0 Å². The SMILES string of the molecule is CN(C(=O)CC1CCOC1)C(C)(C)C(=O)Nc1cc(C(C)(C)COC2CCCCO2)no1. The molecule has 0 aliphatic carbocycles. The maximum Gasteiger partial charge on any atom is 0.252 e. The lowest BCUT2D eigenvalue weighted by molar-refractivity contribution is -0.170. The van der Waals surface area contributed by atoms with Gasteiger partial charge in [0.25, 0.3) is 5.91 Å². The highest BCUT2D eigenvalue weighted by Crippen LogP contribution is 2.28. The van der Waals surface area contributed by atoms with Crippen molar-refractivity contribution in [2.75, 3.05) is 38.8 Å². The van der Waals surface area contributed by atoms with Crippen LogP contribution in [-0.4, -0.2) is 67.2 Å². The van der Waals surface area contributed by atoms with E-state index in [0.717, 1.165) is 32.3 Å². The Morgan fingerprint density at radius 2 is 2.00 bits per heavy atom. The van der Waals surface area contributed by atoms with Gasteiger partial charge in [0.1, 0.15) is 5.54 Å². The van der Waals surface area contributed by atoms with Crippen molar-refractivity contribution in [2.45, 2.75) is 77.0 Å². The first-order valence-corrected chi connectivity index (χ1v) is 11.5. The van der Waals surface area contributed by atoms with Gasteiger partial charge in [0.15, 0.2) is 6.29 Å². The van der Waals surface area contributed by atoms with Crippen molar-refractivity contribution in [1.29, 1.82) is 0 Å². The molecule has 180 valence electrons. The summed E-state index contributed by atoms with van der Waals surface area (Å²) in [7, 11) is 1.65. The smallest absolute Gasteiger partial charge is 0.252 e. The van der Waals surface area contributed by atoms with Crippen LogP contribution in [0, 0.1) is 5.92 Å². The molecule has 0 bridgehead atoms. The number of ether oxygens (including phenoxy) is 3. The lowest BCUT2D eigenvalue weighted by atomic mass is 9.90. The average Bonchev–Trinajstić information content (AvgIpc) is 3.45. The average molecular weight is 452 g/mol. The molecule has 1 aromatic rings. The van der Waals surface area contributed by atoms with Crippen LogP contribution in [0.3, 0.4) is 0 Å². The highest BCUT2D eigenvalue weighted by atomic mass is 16.7. The number of rotatable bonds is 9. The summed E-state index contributed by atoms with van der Waals surface area (Å²) in [5.74, 6) is 0.0275. The number of hydrogen-bond donors (Lipinski definition) is 1. The molecule has 2 aliphatic rings. The van der Waals surface area contributed by atoms with Crippen LogP contribution >= 0.6 is 0 Å². The van der Waals surface area contributed by atoms with Crippen molar-refractivity contribution in [3.63, 3.8) is 0 Å². The van der Waals surface area contributed by atoms with Crippen molar-refractivity contribution in [1.82, 2.24) is 10.1 Å². The van der Waals surface area contributed by atoms with Crippen LogP contribution in [0.25, 0.3) is 0 Å². The Balaban J connectivity index is 1.55. The Hall–Kier alpha value is -1.97. The number of amides is 2. The molecule has 0 saturated carbocycles. The summed E-state index contributed by atoms with van der Waals surface area (Å²) in [6, 6.07) is 1.71. The summed E-state index contributed by atoms with van der Waals surface area (Å²) in [6.45, 7) is 9.87. The van der Waals surface area contributed by atoms with Crippen LogP contribution in [0.15, 0.2) is 10.6 Å². The van der Waals surface area contributed by atoms with E-state index in [4.69, 9.17) is 18.7 Å². The zero-order valence-electron chi connectivity index (χ0n) is 19.9. The fourth-order valence-corrected chi connectivity index (χ4v) is 3.73. The van der Waals surface area contributed by atoms with Gasteiger partial charge in [0, 0.05) is 44.8 Å². The Bertz CT molecular complexity index is 778. The minimum absolute atomic E-state index is 0.0814.